The Morgan fingerprint density at radius 1 is 1.42 bits per heavy atom. The van der Waals surface area contributed by atoms with Crippen molar-refractivity contribution in [2.24, 2.45) is 0 Å². The fourth-order valence-corrected chi connectivity index (χ4v) is 0.824. The predicted octanol–water partition coefficient (Wildman–Crippen LogP) is 1.83. The molecule has 0 rings (SSSR count). The standard InChI is InChI=1S/C9H16O3/c1-2-7-12-8-5-3-4-6-9(10)11/h2H,1,3-8H2,(H,10,11). The smallest absolute Gasteiger partial charge is 0.303 e. The SMILES string of the molecule is C=CCOCCCCCC(=O)O. The molecule has 0 saturated heterocycles. The average Bonchev–Trinajstić information content (AvgIpc) is 2.02. The van der Waals surface area contributed by atoms with Crippen LogP contribution in [0.25, 0.3) is 0 Å². The van der Waals surface area contributed by atoms with Crippen LogP contribution in [0, 0.1) is 0 Å². The molecule has 3 heteroatoms. The summed E-state index contributed by atoms with van der Waals surface area (Å²) in [6, 6.07) is 0. The van der Waals surface area contributed by atoms with Crippen molar-refractivity contribution in [1.82, 2.24) is 0 Å². The molecular weight excluding hydrogens is 156 g/mol. The molecule has 0 aromatic rings. The molecule has 0 aliphatic carbocycles. The molecule has 70 valence electrons. The summed E-state index contributed by atoms with van der Waals surface area (Å²) in [7, 11) is 0. The maximum absolute atomic E-state index is 10.1. The fourth-order valence-electron chi connectivity index (χ4n) is 0.824. The normalized spacial score (nSPS) is 9.67. The minimum absolute atomic E-state index is 0.265. The van der Waals surface area contributed by atoms with Crippen LogP contribution in [-0.4, -0.2) is 24.3 Å². The van der Waals surface area contributed by atoms with Gasteiger partial charge in [-0.3, -0.25) is 4.79 Å². The van der Waals surface area contributed by atoms with E-state index in [4.69, 9.17) is 9.84 Å². The zero-order valence-corrected chi connectivity index (χ0v) is 7.29. The number of hydrogen-bond acceptors (Lipinski definition) is 2. The topological polar surface area (TPSA) is 46.5 Å². The summed E-state index contributed by atoms with van der Waals surface area (Å²) < 4.78 is 5.12. The molecule has 0 atom stereocenters. The Bertz CT molecular complexity index is 132. The molecule has 3 nitrogen and oxygen atoms in total. The van der Waals surface area contributed by atoms with E-state index in [-0.39, 0.29) is 6.42 Å². The Balaban J connectivity index is 2.90. The highest BCUT2D eigenvalue weighted by Gasteiger charge is 1.95. The van der Waals surface area contributed by atoms with Crippen LogP contribution >= 0.6 is 0 Å². The van der Waals surface area contributed by atoms with E-state index in [9.17, 15) is 4.79 Å². The summed E-state index contributed by atoms with van der Waals surface area (Å²) in [5, 5.41) is 8.31. The first-order chi connectivity index (χ1) is 5.77. The second-order valence-corrected chi connectivity index (χ2v) is 2.57. The zero-order chi connectivity index (χ0) is 9.23. The number of carboxylic acid groups (broad SMARTS) is 1. The van der Waals surface area contributed by atoms with Crippen molar-refractivity contribution in [2.75, 3.05) is 13.2 Å². The predicted molar refractivity (Wildman–Crippen MR) is 47.1 cm³/mol. The highest BCUT2D eigenvalue weighted by atomic mass is 16.5. The van der Waals surface area contributed by atoms with Crippen LogP contribution in [0.1, 0.15) is 25.7 Å². The first-order valence-electron chi connectivity index (χ1n) is 4.18. The Hall–Kier alpha value is -0.830. The van der Waals surface area contributed by atoms with Crippen molar-refractivity contribution in [2.45, 2.75) is 25.7 Å². The molecule has 12 heavy (non-hydrogen) atoms. The third-order valence-electron chi connectivity index (χ3n) is 1.42. The molecule has 0 fully saturated rings. The van der Waals surface area contributed by atoms with Crippen LogP contribution in [0.4, 0.5) is 0 Å². The van der Waals surface area contributed by atoms with E-state index in [1.807, 2.05) is 0 Å². The minimum Gasteiger partial charge on any atom is -0.481 e. The third-order valence-corrected chi connectivity index (χ3v) is 1.42. The van der Waals surface area contributed by atoms with E-state index in [1.165, 1.54) is 0 Å². The minimum atomic E-state index is -0.720. The van der Waals surface area contributed by atoms with Gasteiger partial charge in [0.25, 0.3) is 0 Å². The lowest BCUT2D eigenvalue weighted by Gasteiger charge is -1.99. The van der Waals surface area contributed by atoms with Gasteiger partial charge in [0.05, 0.1) is 6.61 Å². The van der Waals surface area contributed by atoms with E-state index < -0.39 is 5.97 Å². The second kappa shape index (κ2) is 8.27. The van der Waals surface area contributed by atoms with Crippen molar-refractivity contribution >= 4 is 5.97 Å². The van der Waals surface area contributed by atoms with Crippen molar-refractivity contribution in [3.8, 4) is 0 Å². The maximum atomic E-state index is 10.1. The summed E-state index contributed by atoms with van der Waals surface area (Å²) in [5.41, 5.74) is 0. The Morgan fingerprint density at radius 2 is 2.17 bits per heavy atom. The second-order valence-electron chi connectivity index (χ2n) is 2.57. The zero-order valence-electron chi connectivity index (χ0n) is 7.29. The summed E-state index contributed by atoms with van der Waals surface area (Å²) in [6.45, 7) is 4.80. The molecule has 0 aromatic heterocycles. The fraction of sp³-hybridized carbons (Fsp3) is 0.667. The van der Waals surface area contributed by atoms with Crippen molar-refractivity contribution in [3.05, 3.63) is 12.7 Å². The molecule has 0 radical (unpaired) electrons. The molecule has 0 heterocycles. The summed E-state index contributed by atoms with van der Waals surface area (Å²) in [5.74, 6) is -0.720. The first kappa shape index (κ1) is 11.2. The molecular formula is C9H16O3. The number of ether oxygens (including phenoxy) is 1. The van der Waals surface area contributed by atoms with Gasteiger partial charge < -0.3 is 9.84 Å². The summed E-state index contributed by atoms with van der Waals surface area (Å²) in [4.78, 5) is 10.1. The largest absolute Gasteiger partial charge is 0.481 e. The van der Waals surface area contributed by atoms with Crippen LogP contribution in [0.15, 0.2) is 12.7 Å². The molecule has 1 N–H and O–H groups in total. The monoisotopic (exact) mass is 172 g/mol. The van der Waals surface area contributed by atoms with Crippen molar-refractivity contribution in [1.29, 1.82) is 0 Å². The average molecular weight is 172 g/mol. The number of hydrogen-bond donors (Lipinski definition) is 1. The number of rotatable bonds is 8. The van der Waals surface area contributed by atoms with Crippen LogP contribution in [0.2, 0.25) is 0 Å². The van der Waals surface area contributed by atoms with E-state index in [0.717, 1.165) is 19.3 Å². The Morgan fingerprint density at radius 3 is 2.75 bits per heavy atom. The first-order valence-corrected chi connectivity index (χ1v) is 4.18. The number of carboxylic acids is 1. The van der Waals surface area contributed by atoms with Gasteiger partial charge in [0.15, 0.2) is 0 Å². The molecule has 0 spiro atoms. The van der Waals surface area contributed by atoms with Gasteiger partial charge in [0.2, 0.25) is 0 Å². The third kappa shape index (κ3) is 9.17. The quantitative estimate of drug-likeness (QED) is 0.449. The lowest BCUT2D eigenvalue weighted by Crippen LogP contribution is -1.96. The lowest BCUT2D eigenvalue weighted by atomic mass is 10.2. The number of aliphatic carboxylic acids is 1. The van der Waals surface area contributed by atoms with Crippen molar-refractivity contribution < 1.29 is 14.6 Å². The molecule has 0 aliphatic heterocycles. The van der Waals surface area contributed by atoms with Gasteiger partial charge in [0.1, 0.15) is 0 Å². The number of carbonyl (C=O) groups is 1. The Kier molecular flexibility index (Phi) is 7.70. The highest BCUT2D eigenvalue weighted by Crippen LogP contribution is 1.99. The van der Waals surface area contributed by atoms with E-state index in [0.29, 0.717) is 13.2 Å². The molecule has 0 aliphatic rings. The van der Waals surface area contributed by atoms with Crippen LogP contribution in [0.3, 0.4) is 0 Å². The molecule has 0 aromatic carbocycles. The summed E-state index contributed by atoms with van der Waals surface area (Å²) >= 11 is 0. The van der Waals surface area contributed by atoms with Gasteiger partial charge in [-0.05, 0) is 12.8 Å². The van der Waals surface area contributed by atoms with Gasteiger partial charge >= 0.3 is 5.97 Å². The van der Waals surface area contributed by atoms with Crippen molar-refractivity contribution in [3.63, 3.8) is 0 Å². The van der Waals surface area contributed by atoms with Gasteiger partial charge in [-0.25, -0.2) is 0 Å². The van der Waals surface area contributed by atoms with Crippen LogP contribution in [0.5, 0.6) is 0 Å². The van der Waals surface area contributed by atoms with E-state index >= 15 is 0 Å². The van der Waals surface area contributed by atoms with Gasteiger partial charge in [0, 0.05) is 13.0 Å². The molecule has 0 amide bonds. The Labute approximate surface area is 73.0 Å². The lowest BCUT2D eigenvalue weighted by molar-refractivity contribution is -0.137. The number of unbranched alkanes of at least 4 members (excludes halogenated alkanes) is 2. The molecule has 0 unspecified atom stereocenters. The van der Waals surface area contributed by atoms with Gasteiger partial charge in [-0.15, -0.1) is 6.58 Å². The molecule has 0 bridgehead atoms. The maximum Gasteiger partial charge on any atom is 0.303 e. The van der Waals surface area contributed by atoms with Gasteiger partial charge in [-0.1, -0.05) is 12.5 Å². The highest BCUT2D eigenvalue weighted by molar-refractivity contribution is 5.66. The molecule has 0 saturated carbocycles. The summed E-state index contributed by atoms with van der Waals surface area (Å²) in [6.07, 6.45) is 4.57. The van der Waals surface area contributed by atoms with E-state index in [1.54, 1.807) is 6.08 Å². The van der Waals surface area contributed by atoms with Crippen LogP contribution in [-0.2, 0) is 9.53 Å². The van der Waals surface area contributed by atoms with Gasteiger partial charge in [-0.2, -0.15) is 0 Å². The van der Waals surface area contributed by atoms with E-state index in [2.05, 4.69) is 6.58 Å². The van der Waals surface area contributed by atoms with Crippen LogP contribution < -0.4 is 0 Å².